The highest BCUT2D eigenvalue weighted by molar-refractivity contribution is 5.83. The van der Waals surface area contributed by atoms with Crippen LogP contribution in [-0.4, -0.2) is 25.5 Å². The Bertz CT molecular complexity index is 1410. The molecule has 1 aromatic carbocycles. The quantitative estimate of drug-likeness (QED) is 0.0655. The number of hydrogen-bond acceptors (Lipinski definition) is 4. The fourth-order valence-electron chi connectivity index (χ4n) is 7.03. The molecule has 4 nitrogen and oxygen atoms in total. The van der Waals surface area contributed by atoms with Crippen LogP contribution in [0, 0.1) is 11.8 Å². The van der Waals surface area contributed by atoms with E-state index in [1.807, 2.05) is 20.0 Å². The van der Waals surface area contributed by atoms with Crippen molar-refractivity contribution < 1.29 is 0 Å². The number of benzene rings is 1. The zero-order valence-electron chi connectivity index (χ0n) is 32.6. The molecule has 0 unspecified atom stereocenters. The molecule has 2 saturated carbocycles. The molecule has 2 N–H and O–H groups in total. The van der Waals surface area contributed by atoms with Gasteiger partial charge in [0.2, 0.25) is 0 Å². The smallest absolute Gasteiger partial charge is 0.0705 e. The zero-order chi connectivity index (χ0) is 36.6. The first kappa shape index (κ1) is 42.8. The lowest BCUT2D eigenvalue weighted by atomic mass is 9.79. The Hall–Kier alpha value is -3.37. The van der Waals surface area contributed by atoms with Gasteiger partial charge in [-0.25, -0.2) is 0 Å². The van der Waals surface area contributed by atoms with Gasteiger partial charge in [-0.1, -0.05) is 95.4 Å². The van der Waals surface area contributed by atoms with Crippen LogP contribution in [0.3, 0.4) is 0 Å². The van der Waals surface area contributed by atoms with Crippen molar-refractivity contribution in [2.45, 2.75) is 143 Å². The van der Waals surface area contributed by atoms with E-state index in [4.69, 9.17) is 4.98 Å². The number of rotatable bonds is 20. The Kier molecular flexibility index (Phi) is 21.9. The SMILES string of the molecule is C=CC1CCC(/C(N=C)=C(/C=C\CC)C/C=C(/CC)CCCCCCCC/C(=C\N=C)c2ccc3nc(C4CC4)ccc3c2)CC1.CC.CN. The number of nitrogens with two attached hydrogens (primary N) is 1. The maximum absolute atomic E-state index is 4.90. The second kappa shape index (κ2) is 25.6. The number of allylic oxidation sites excluding steroid dienone is 8. The topological polar surface area (TPSA) is 63.6 Å². The lowest BCUT2D eigenvalue weighted by molar-refractivity contribution is 0.342. The van der Waals surface area contributed by atoms with Crippen LogP contribution in [0.25, 0.3) is 16.5 Å². The van der Waals surface area contributed by atoms with Gasteiger partial charge < -0.3 is 5.73 Å². The second-order valence-electron chi connectivity index (χ2n) is 13.5. The molecule has 1 heterocycles. The lowest BCUT2D eigenvalue weighted by Crippen LogP contribution is -2.15. The molecular formula is C46H70N4. The number of aliphatic imine (C=N–C) groups is 2. The van der Waals surface area contributed by atoms with Crippen LogP contribution < -0.4 is 5.73 Å². The zero-order valence-corrected chi connectivity index (χ0v) is 32.6. The summed E-state index contributed by atoms with van der Waals surface area (Å²) < 4.78 is 0. The third-order valence-corrected chi connectivity index (χ3v) is 10.1. The predicted molar refractivity (Wildman–Crippen MR) is 224 cm³/mol. The fourth-order valence-corrected chi connectivity index (χ4v) is 7.03. The van der Waals surface area contributed by atoms with Crippen molar-refractivity contribution in [1.82, 2.24) is 4.98 Å². The summed E-state index contributed by atoms with van der Waals surface area (Å²) in [5, 5.41) is 1.21. The minimum Gasteiger partial charge on any atom is -0.333 e. The molecule has 4 rings (SSSR count). The number of aromatic nitrogens is 1. The van der Waals surface area contributed by atoms with Gasteiger partial charge in [0.15, 0.2) is 0 Å². The largest absolute Gasteiger partial charge is 0.333 e. The molecule has 0 aliphatic heterocycles. The van der Waals surface area contributed by atoms with Crippen LogP contribution in [0.2, 0.25) is 0 Å². The maximum Gasteiger partial charge on any atom is 0.0705 e. The first-order chi connectivity index (χ1) is 24.6. The number of unbranched alkanes of at least 4 members (excludes halogenated alkanes) is 5. The predicted octanol–water partition coefficient (Wildman–Crippen LogP) is 13.5. The molecule has 2 aliphatic rings. The maximum atomic E-state index is 4.90. The molecule has 0 bridgehead atoms. The van der Waals surface area contributed by atoms with Crippen LogP contribution in [0.15, 0.2) is 94.2 Å². The summed E-state index contributed by atoms with van der Waals surface area (Å²) in [5.41, 5.74) is 13.6. The van der Waals surface area contributed by atoms with Gasteiger partial charge >= 0.3 is 0 Å². The van der Waals surface area contributed by atoms with E-state index < -0.39 is 0 Å². The first-order valence-corrected chi connectivity index (χ1v) is 19.9. The molecule has 274 valence electrons. The highest BCUT2D eigenvalue weighted by Gasteiger charge is 2.25. The molecule has 0 saturated heterocycles. The molecule has 0 spiro atoms. The third-order valence-electron chi connectivity index (χ3n) is 10.1. The van der Waals surface area contributed by atoms with E-state index in [0.29, 0.717) is 17.8 Å². The van der Waals surface area contributed by atoms with Gasteiger partial charge in [0, 0.05) is 34.8 Å². The third kappa shape index (κ3) is 14.5. The van der Waals surface area contributed by atoms with Gasteiger partial charge in [-0.15, -0.1) is 6.58 Å². The van der Waals surface area contributed by atoms with E-state index in [1.165, 1.54) is 124 Å². The van der Waals surface area contributed by atoms with Crippen molar-refractivity contribution in [3.8, 4) is 0 Å². The Labute approximate surface area is 307 Å². The molecular weight excluding hydrogens is 609 g/mol. The standard InChI is InChI=1S/C43H59N3.C2H6.CH5N/c1-6-9-17-36(43(45-5)37-23-20-34(8-3)21-24-37)22-19-33(7-2)16-14-12-10-11-13-15-18-40(32-44-4)38-27-29-42-39(31-38)28-30-41(46-42)35-25-26-35;2*1-2/h8-9,17,19,27-32,34-35,37H,3-7,10-16,18,20-26H2,1-2H3;1-2H3;2H2,1H3/b17-9-,33-19-,40-32+,43-36+;;. The summed E-state index contributed by atoms with van der Waals surface area (Å²) in [6.45, 7) is 20.3. The summed E-state index contributed by atoms with van der Waals surface area (Å²) in [6, 6.07) is 11.1. The highest BCUT2D eigenvalue weighted by Crippen LogP contribution is 2.40. The lowest BCUT2D eigenvalue weighted by Gasteiger charge is -2.28. The van der Waals surface area contributed by atoms with Gasteiger partial charge in [-0.2, -0.15) is 0 Å². The molecule has 2 aliphatic carbocycles. The average Bonchev–Trinajstić information content (AvgIpc) is 4.03. The van der Waals surface area contributed by atoms with E-state index in [1.54, 1.807) is 5.57 Å². The van der Waals surface area contributed by atoms with Crippen molar-refractivity contribution in [1.29, 1.82) is 0 Å². The van der Waals surface area contributed by atoms with Crippen LogP contribution in [0.4, 0.5) is 0 Å². The Morgan fingerprint density at radius 1 is 0.880 bits per heavy atom. The van der Waals surface area contributed by atoms with Crippen LogP contribution in [-0.2, 0) is 0 Å². The van der Waals surface area contributed by atoms with Crippen molar-refractivity contribution >= 4 is 29.9 Å². The van der Waals surface area contributed by atoms with Crippen molar-refractivity contribution in [3.63, 3.8) is 0 Å². The monoisotopic (exact) mass is 679 g/mol. The molecule has 0 radical (unpaired) electrons. The minimum absolute atomic E-state index is 0.535. The molecule has 0 amide bonds. The highest BCUT2D eigenvalue weighted by atomic mass is 14.7. The molecule has 2 fully saturated rings. The van der Waals surface area contributed by atoms with Crippen LogP contribution in [0.1, 0.15) is 154 Å². The summed E-state index contributed by atoms with van der Waals surface area (Å²) in [6.07, 6.45) is 31.6. The number of nitrogens with zero attached hydrogens (tertiary/aromatic N) is 3. The van der Waals surface area contributed by atoms with Gasteiger partial charge in [0.1, 0.15) is 0 Å². The number of pyridine rings is 1. The Morgan fingerprint density at radius 2 is 1.56 bits per heavy atom. The van der Waals surface area contributed by atoms with Crippen molar-refractivity contribution in [2.24, 2.45) is 27.6 Å². The summed E-state index contributed by atoms with van der Waals surface area (Å²) in [4.78, 5) is 13.6. The van der Waals surface area contributed by atoms with E-state index >= 15 is 0 Å². The number of fused-ring (bicyclic) bond motifs is 1. The molecule has 4 heteroatoms. The number of hydrogen-bond donors (Lipinski definition) is 1. The van der Waals surface area contributed by atoms with Crippen molar-refractivity contribution in [3.05, 3.63) is 95.5 Å². The normalized spacial score (nSPS) is 18.4. The van der Waals surface area contributed by atoms with Gasteiger partial charge in [-0.3, -0.25) is 15.0 Å². The Morgan fingerprint density at radius 3 is 2.16 bits per heavy atom. The molecule has 2 aromatic rings. The molecule has 0 atom stereocenters. The average molecular weight is 679 g/mol. The van der Waals surface area contributed by atoms with Gasteiger partial charge in [-0.05, 0) is 145 Å². The van der Waals surface area contributed by atoms with E-state index in [2.05, 4.69) is 104 Å². The summed E-state index contributed by atoms with van der Waals surface area (Å²) in [5.74, 6) is 1.89. The first-order valence-electron chi connectivity index (χ1n) is 19.9. The summed E-state index contributed by atoms with van der Waals surface area (Å²) in [7, 11) is 1.50. The molecule has 50 heavy (non-hydrogen) atoms. The second-order valence-corrected chi connectivity index (χ2v) is 13.5. The van der Waals surface area contributed by atoms with E-state index in [0.717, 1.165) is 31.2 Å². The fraction of sp³-hybridized carbons (Fsp3) is 0.543. The van der Waals surface area contributed by atoms with Crippen LogP contribution >= 0.6 is 0 Å². The van der Waals surface area contributed by atoms with Gasteiger partial charge in [0.25, 0.3) is 0 Å². The minimum atomic E-state index is 0.535. The molecule has 1 aromatic heterocycles. The summed E-state index contributed by atoms with van der Waals surface area (Å²) >= 11 is 0. The van der Waals surface area contributed by atoms with E-state index in [-0.39, 0.29) is 0 Å². The van der Waals surface area contributed by atoms with Gasteiger partial charge in [0.05, 0.1) is 5.52 Å². The van der Waals surface area contributed by atoms with E-state index in [9.17, 15) is 0 Å². The Balaban J connectivity index is 0.00000209. The van der Waals surface area contributed by atoms with Crippen LogP contribution in [0.5, 0.6) is 0 Å². The van der Waals surface area contributed by atoms with Crippen molar-refractivity contribution in [2.75, 3.05) is 7.05 Å².